The first kappa shape index (κ1) is 16.8. The largest absolute Gasteiger partial charge is 0.365 e. The van der Waals surface area contributed by atoms with E-state index in [-0.39, 0.29) is 18.5 Å². The lowest BCUT2D eigenvalue weighted by atomic mass is 10.1. The molecule has 0 spiro atoms. The first-order valence-electron chi connectivity index (χ1n) is 9.00. The number of aromatic nitrogens is 4. The van der Waals surface area contributed by atoms with Crippen molar-refractivity contribution in [2.45, 2.75) is 26.2 Å². The van der Waals surface area contributed by atoms with Crippen LogP contribution < -0.4 is 0 Å². The van der Waals surface area contributed by atoms with Gasteiger partial charge in [-0.25, -0.2) is 9.37 Å². The van der Waals surface area contributed by atoms with Crippen LogP contribution in [-0.4, -0.2) is 19.7 Å². The van der Waals surface area contributed by atoms with Gasteiger partial charge in [0.1, 0.15) is 11.9 Å². The SMILES string of the molecule is Cc1cccc(-c2noc(-c3ncn4c3CO[C@H](c3ccccc3F)C4)n2)c1. The van der Waals surface area contributed by atoms with Gasteiger partial charge in [-0.15, -0.1) is 0 Å². The zero-order valence-corrected chi connectivity index (χ0v) is 15.2. The Morgan fingerprint density at radius 2 is 2.04 bits per heavy atom. The van der Waals surface area contributed by atoms with Gasteiger partial charge in [-0.3, -0.25) is 0 Å². The Kier molecular flexibility index (Phi) is 4.02. The predicted molar refractivity (Wildman–Crippen MR) is 99.6 cm³/mol. The predicted octanol–water partition coefficient (Wildman–Crippen LogP) is 4.32. The van der Waals surface area contributed by atoms with Gasteiger partial charge in [-0.05, 0) is 19.1 Å². The van der Waals surface area contributed by atoms with E-state index >= 15 is 0 Å². The Labute approximate surface area is 160 Å². The summed E-state index contributed by atoms with van der Waals surface area (Å²) in [5.41, 5.74) is 3.99. The van der Waals surface area contributed by atoms with Gasteiger partial charge in [0.2, 0.25) is 5.82 Å². The van der Waals surface area contributed by atoms with Crippen LogP contribution in [0, 0.1) is 12.7 Å². The third-order valence-electron chi connectivity index (χ3n) is 4.89. The molecule has 4 aromatic rings. The summed E-state index contributed by atoms with van der Waals surface area (Å²) < 4.78 is 27.4. The third kappa shape index (κ3) is 2.90. The van der Waals surface area contributed by atoms with Gasteiger partial charge in [0, 0.05) is 11.1 Å². The maximum atomic E-state index is 14.1. The molecule has 28 heavy (non-hydrogen) atoms. The van der Waals surface area contributed by atoms with Gasteiger partial charge in [0.15, 0.2) is 5.69 Å². The molecule has 1 atom stereocenters. The third-order valence-corrected chi connectivity index (χ3v) is 4.89. The molecule has 7 heteroatoms. The Morgan fingerprint density at radius 1 is 1.14 bits per heavy atom. The molecular weight excluding hydrogens is 359 g/mol. The Morgan fingerprint density at radius 3 is 2.89 bits per heavy atom. The zero-order chi connectivity index (χ0) is 19.1. The minimum absolute atomic E-state index is 0.268. The smallest absolute Gasteiger partial charge is 0.278 e. The van der Waals surface area contributed by atoms with E-state index in [4.69, 9.17) is 9.26 Å². The van der Waals surface area contributed by atoms with Crippen LogP contribution in [0.4, 0.5) is 4.39 Å². The van der Waals surface area contributed by atoms with Crippen molar-refractivity contribution in [3.63, 3.8) is 0 Å². The number of fused-ring (bicyclic) bond motifs is 1. The van der Waals surface area contributed by atoms with E-state index in [1.165, 1.54) is 6.07 Å². The topological polar surface area (TPSA) is 66.0 Å². The molecule has 1 aliphatic heterocycles. The molecule has 0 fully saturated rings. The molecule has 0 unspecified atom stereocenters. The van der Waals surface area contributed by atoms with Crippen LogP contribution in [0.25, 0.3) is 23.0 Å². The molecule has 0 bridgehead atoms. The van der Waals surface area contributed by atoms with Crippen molar-refractivity contribution in [1.82, 2.24) is 19.7 Å². The monoisotopic (exact) mass is 376 g/mol. The van der Waals surface area contributed by atoms with Gasteiger partial charge in [0.05, 0.1) is 25.2 Å². The Bertz CT molecular complexity index is 1150. The van der Waals surface area contributed by atoms with E-state index in [9.17, 15) is 4.39 Å². The maximum absolute atomic E-state index is 14.1. The van der Waals surface area contributed by atoms with Crippen molar-refractivity contribution in [2.24, 2.45) is 0 Å². The molecule has 0 N–H and O–H groups in total. The quantitative estimate of drug-likeness (QED) is 0.533. The summed E-state index contributed by atoms with van der Waals surface area (Å²) in [6.45, 7) is 2.78. The molecule has 0 saturated carbocycles. The summed E-state index contributed by atoms with van der Waals surface area (Å²) in [7, 11) is 0. The summed E-state index contributed by atoms with van der Waals surface area (Å²) in [4.78, 5) is 8.93. The molecule has 0 radical (unpaired) electrons. The van der Waals surface area contributed by atoms with Gasteiger partial charge in [-0.2, -0.15) is 4.98 Å². The first-order valence-corrected chi connectivity index (χ1v) is 9.00. The summed E-state index contributed by atoms with van der Waals surface area (Å²) in [6.07, 6.45) is 1.35. The van der Waals surface area contributed by atoms with E-state index in [1.807, 2.05) is 41.8 Å². The molecule has 6 nitrogen and oxygen atoms in total. The normalized spacial score (nSPS) is 16.1. The van der Waals surface area contributed by atoms with E-state index < -0.39 is 0 Å². The van der Waals surface area contributed by atoms with Crippen LogP contribution in [0.15, 0.2) is 59.4 Å². The lowest BCUT2D eigenvalue weighted by molar-refractivity contribution is 0.00126. The fourth-order valence-electron chi connectivity index (χ4n) is 3.45. The van der Waals surface area contributed by atoms with Crippen LogP contribution in [-0.2, 0) is 17.9 Å². The van der Waals surface area contributed by atoms with Crippen molar-refractivity contribution >= 4 is 0 Å². The number of nitrogens with zero attached hydrogens (tertiary/aromatic N) is 4. The average molecular weight is 376 g/mol. The molecule has 2 aromatic carbocycles. The average Bonchev–Trinajstić information content (AvgIpc) is 3.35. The van der Waals surface area contributed by atoms with Gasteiger partial charge < -0.3 is 13.8 Å². The van der Waals surface area contributed by atoms with Crippen molar-refractivity contribution in [3.8, 4) is 23.0 Å². The number of imidazole rings is 1. The molecule has 1 aliphatic rings. The molecule has 3 heterocycles. The summed E-state index contributed by atoms with van der Waals surface area (Å²) in [6, 6.07) is 14.6. The molecule has 0 amide bonds. The highest BCUT2D eigenvalue weighted by atomic mass is 19.1. The minimum atomic E-state index is -0.360. The molecule has 0 saturated heterocycles. The highest BCUT2D eigenvalue weighted by Gasteiger charge is 2.27. The second-order valence-corrected chi connectivity index (χ2v) is 6.81. The fraction of sp³-hybridized carbons (Fsp3) is 0.190. The van der Waals surface area contributed by atoms with Crippen LogP contribution in [0.2, 0.25) is 0 Å². The van der Waals surface area contributed by atoms with Gasteiger partial charge in [-0.1, -0.05) is 47.1 Å². The highest BCUT2D eigenvalue weighted by molar-refractivity contribution is 5.59. The lowest BCUT2D eigenvalue weighted by Crippen LogP contribution is -2.21. The molecule has 0 aliphatic carbocycles. The van der Waals surface area contributed by atoms with Gasteiger partial charge in [0.25, 0.3) is 5.89 Å². The highest BCUT2D eigenvalue weighted by Crippen LogP contribution is 2.32. The minimum Gasteiger partial charge on any atom is -0.365 e. The first-order chi connectivity index (χ1) is 13.7. The number of rotatable bonds is 3. The van der Waals surface area contributed by atoms with Crippen molar-refractivity contribution in [3.05, 3.63) is 77.5 Å². The summed E-state index contributed by atoms with van der Waals surface area (Å²) >= 11 is 0. The second kappa shape index (κ2) is 6.69. The summed E-state index contributed by atoms with van der Waals surface area (Å²) in [5, 5.41) is 4.08. The number of halogens is 1. The van der Waals surface area contributed by atoms with E-state index in [2.05, 4.69) is 15.1 Å². The Balaban J connectivity index is 1.44. The molecule has 5 rings (SSSR count). The lowest BCUT2D eigenvalue weighted by Gasteiger charge is -2.25. The number of aryl methyl sites for hydroxylation is 1. The number of benzene rings is 2. The van der Waals surface area contributed by atoms with Crippen LogP contribution in [0.5, 0.6) is 0 Å². The molecular formula is C21H17FN4O2. The van der Waals surface area contributed by atoms with Crippen LogP contribution >= 0.6 is 0 Å². The van der Waals surface area contributed by atoms with Crippen LogP contribution in [0.1, 0.15) is 22.9 Å². The Hall–Kier alpha value is -3.32. The van der Waals surface area contributed by atoms with Crippen LogP contribution in [0.3, 0.4) is 0 Å². The number of hydrogen-bond acceptors (Lipinski definition) is 5. The van der Waals surface area contributed by atoms with E-state index in [0.717, 1.165) is 16.8 Å². The zero-order valence-electron chi connectivity index (χ0n) is 15.2. The molecule has 140 valence electrons. The van der Waals surface area contributed by atoms with Crippen molar-refractivity contribution in [2.75, 3.05) is 0 Å². The standard InChI is InChI=1S/C21H17FN4O2/c1-13-5-4-6-14(9-13)20-24-21(28-25-20)19-17-11-27-18(10-26(17)12-23-19)15-7-2-3-8-16(15)22/h2-9,12,18H,10-11H2,1H3/t18-/m0/s1. The van der Waals surface area contributed by atoms with Crippen molar-refractivity contribution < 1.29 is 13.7 Å². The van der Waals surface area contributed by atoms with Crippen molar-refractivity contribution in [1.29, 1.82) is 0 Å². The summed E-state index contributed by atoms with van der Waals surface area (Å²) in [5.74, 6) is 0.593. The van der Waals surface area contributed by atoms with E-state index in [1.54, 1.807) is 18.5 Å². The second-order valence-electron chi connectivity index (χ2n) is 6.81. The van der Waals surface area contributed by atoms with Gasteiger partial charge >= 0.3 is 0 Å². The van der Waals surface area contributed by atoms with E-state index in [0.29, 0.717) is 29.5 Å². The maximum Gasteiger partial charge on any atom is 0.278 e. The number of ether oxygens (including phenoxy) is 1. The fourth-order valence-corrected chi connectivity index (χ4v) is 3.45. The number of hydrogen-bond donors (Lipinski definition) is 0. The molecule has 2 aromatic heterocycles.